The zero-order valence-electron chi connectivity index (χ0n) is 15.1. The lowest BCUT2D eigenvalue weighted by molar-refractivity contribution is -0.122. The van der Waals surface area contributed by atoms with Gasteiger partial charge in [-0.2, -0.15) is 13.9 Å². The van der Waals surface area contributed by atoms with Gasteiger partial charge < -0.3 is 15.0 Å². The van der Waals surface area contributed by atoms with Crippen LogP contribution >= 0.6 is 0 Å². The molecule has 0 radical (unpaired) electrons. The van der Waals surface area contributed by atoms with Gasteiger partial charge in [-0.05, 0) is 42.2 Å². The summed E-state index contributed by atoms with van der Waals surface area (Å²) in [4.78, 5) is 15.1. The van der Waals surface area contributed by atoms with Crippen molar-refractivity contribution in [1.29, 1.82) is 0 Å². The standard InChI is InChI=1S/C19H22F2N4O2/c1-24-11-13(8-23-24)15-9-22-10-16(15)18(26)25-6-2-3-12-7-14(27-19(20)21)4-5-17(12)25/h4-5,7-8,11,15-16,19,22H,2-3,6,9-10H2,1H3/t15-,16+/m1/s1. The van der Waals surface area contributed by atoms with E-state index in [-0.39, 0.29) is 23.5 Å². The molecule has 2 aliphatic heterocycles. The van der Waals surface area contributed by atoms with Crippen LogP contribution < -0.4 is 15.0 Å². The highest BCUT2D eigenvalue weighted by Gasteiger charge is 2.38. The van der Waals surface area contributed by atoms with Crippen molar-refractivity contribution in [2.24, 2.45) is 13.0 Å². The van der Waals surface area contributed by atoms with Gasteiger partial charge in [-0.1, -0.05) is 0 Å². The van der Waals surface area contributed by atoms with E-state index in [1.165, 1.54) is 6.07 Å². The molecule has 3 heterocycles. The number of hydrogen-bond acceptors (Lipinski definition) is 4. The molecule has 0 saturated carbocycles. The van der Waals surface area contributed by atoms with E-state index in [0.717, 1.165) is 36.2 Å². The van der Waals surface area contributed by atoms with Gasteiger partial charge in [0, 0.05) is 44.5 Å². The maximum atomic E-state index is 13.3. The molecule has 2 atom stereocenters. The quantitative estimate of drug-likeness (QED) is 0.890. The summed E-state index contributed by atoms with van der Waals surface area (Å²) in [7, 11) is 1.86. The SMILES string of the molecule is Cn1cc([C@H]2CNC[C@@H]2C(=O)N2CCCc3cc(OC(F)F)ccc32)cn1. The van der Waals surface area contributed by atoms with Crippen LogP contribution in [0.3, 0.4) is 0 Å². The zero-order chi connectivity index (χ0) is 19.0. The summed E-state index contributed by atoms with van der Waals surface area (Å²) in [6.07, 6.45) is 5.31. The highest BCUT2D eigenvalue weighted by atomic mass is 19.3. The van der Waals surface area contributed by atoms with Crippen LogP contribution in [0.25, 0.3) is 0 Å². The smallest absolute Gasteiger partial charge is 0.387 e. The summed E-state index contributed by atoms with van der Waals surface area (Å²) in [5.41, 5.74) is 2.72. The summed E-state index contributed by atoms with van der Waals surface area (Å²) in [5, 5.41) is 7.54. The van der Waals surface area contributed by atoms with Crippen LogP contribution in [0.15, 0.2) is 30.6 Å². The van der Waals surface area contributed by atoms with Gasteiger partial charge in [-0.25, -0.2) is 0 Å². The highest BCUT2D eigenvalue weighted by Crippen LogP contribution is 2.35. The van der Waals surface area contributed by atoms with Crippen LogP contribution in [0.5, 0.6) is 5.75 Å². The number of alkyl halides is 2. The Morgan fingerprint density at radius 1 is 1.37 bits per heavy atom. The Kier molecular flexibility index (Phi) is 4.82. The maximum Gasteiger partial charge on any atom is 0.387 e. The van der Waals surface area contributed by atoms with Gasteiger partial charge in [0.15, 0.2) is 0 Å². The average Bonchev–Trinajstić information content (AvgIpc) is 3.28. The van der Waals surface area contributed by atoms with Crippen LogP contribution in [-0.4, -0.2) is 41.9 Å². The summed E-state index contributed by atoms with van der Waals surface area (Å²) < 4.78 is 31.2. The number of carbonyl (C=O) groups is 1. The van der Waals surface area contributed by atoms with E-state index in [2.05, 4.69) is 15.2 Å². The summed E-state index contributed by atoms with van der Waals surface area (Å²) in [5.74, 6) is 0.112. The van der Waals surface area contributed by atoms with Gasteiger partial charge in [0.25, 0.3) is 0 Å². The molecule has 1 saturated heterocycles. The number of aromatic nitrogens is 2. The summed E-state index contributed by atoms with van der Waals surface area (Å²) in [6, 6.07) is 4.83. The van der Waals surface area contributed by atoms with E-state index in [1.807, 2.05) is 19.4 Å². The van der Waals surface area contributed by atoms with Crippen molar-refractivity contribution in [3.8, 4) is 5.75 Å². The molecule has 0 spiro atoms. The third-order valence-corrected chi connectivity index (χ3v) is 5.35. The number of fused-ring (bicyclic) bond motifs is 1. The predicted octanol–water partition coefficient (Wildman–Crippen LogP) is 2.30. The van der Waals surface area contributed by atoms with E-state index in [1.54, 1.807) is 21.7 Å². The second-order valence-corrected chi connectivity index (χ2v) is 7.08. The van der Waals surface area contributed by atoms with Crippen molar-refractivity contribution in [3.05, 3.63) is 41.7 Å². The Labute approximate surface area is 156 Å². The molecule has 2 aliphatic rings. The van der Waals surface area contributed by atoms with Crippen molar-refractivity contribution in [1.82, 2.24) is 15.1 Å². The second-order valence-electron chi connectivity index (χ2n) is 7.08. The second kappa shape index (κ2) is 7.26. The number of nitrogens with zero attached hydrogens (tertiary/aromatic N) is 3. The van der Waals surface area contributed by atoms with Gasteiger partial charge in [0.05, 0.1) is 12.1 Å². The number of benzene rings is 1. The third-order valence-electron chi connectivity index (χ3n) is 5.35. The number of ether oxygens (including phenoxy) is 1. The zero-order valence-corrected chi connectivity index (χ0v) is 15.1. The Morgan fingerprint density at radius 3 is 2.96 bits per heavy atom. The number of aryl methyl sites for hydroxylation is 2. The molecule has 2 aromatic rings. The fraction of sp³-hybridized carbons (Fsp3) is 0.474. The maximum absolute atomic E-state index is 13.3. The molecule has 1 N–H and O–H groups in total. The molecule has 6 nitrogen and oxygen atoms in total. The Hall–Kier alpha value is -2.48. The largest absolute Gasteiger partial charge is 0.435 e. The van der Waals surface area contributed by atoms with Crippen LogP contribution in [0, 0.1) is 5.92 Å². The number of halogens is 2. The molecule has 8 heteroatoms. The van der Waals surface area contributed by atoms with Crippen LogP contribution in [-0.2, 0) is 18.3 Å². The lowest BCUT2D eigenvalue weighted by Gasteiger charge is -2.33. The van der Waals surface area contributed by atoms with Gasteiger partial charge in [0.1, 0.15) is 5.75 Å². The fourth-order valence-electron chi connectivity index (χ4n) is 4.10. The molecule has 27 heavy (non-hydrogen) atoms. The molecule has 1 fully saturated rings. The van der Waals surface area contributed by atoms with E-state index in [9.17, 15) is 13.6 Å². The predicted molar refractivity (Wildman–Crippen MR) is 96.1 cm³/mol. The molecule has 0 unspecified atom stereocenters. The molecule has 0 aliphatic carbocycles. The Morgan fingerprint density at radius 2 is 2.22 bits per heavy atom. The molecule has 1 amide bonds. The number of anilines is 1. The van der Waals surface area contributed by atoms with E-state index in [4.69, 9.17) is 0 Å². The molecule has 1 aromatic carbocycles. The van der Waals surface area contributed by atoms with Gasteiger partial charge >= 0.3 is 6.61 Å². The van der Waals surface area contributed by atoms with E-state index >= 15 is 0 Å². The fourth-order valence-corrected chi connectivity index (χ4v) is 4.10. The van der Waals surface area contributed by atoms with Crippen LogP contribution in [0.1, 0.15) is 23.5 Å². The monoisotopic (exact) mass is 376 g/mol. The number of amides is 1. The van der Waals surface area contributed by atoms with E-state index < -0.39 is 6.61 Å². The minimum atomic E-state index is -2.85. The van der Waals surface area contributed by atoms with Crippen molar-refractivity contribution >= 4 is 11.6 Å². The van der Waals surface area contributed by atoms with Crippen molar-refractivity contribution in [2.75, 3.05) is 24.5 Å². The van der Waals surface area contributed by atoms with Crippen LogP contribution in [0.4, 0.5) is 14.5 Å². The van der Waals surface area contributed by atoms with Gasteiger partial charge in [0.2, 0.25) is 5.91 Å². The third kappa shape index (κ3) is 3.53. The highest BCUT2D eigenvalue weighted by molar-refractivity contribution is 5.97. The number of rotatable bonds is 4. The lowest BCUT2D eigenvalue weighted by atomic mass is 9.88. The Bertz CT molecular complexity index is 839. The van der Waals surface area contributed by atoms with Crippen molar-refractivity contribution in [3.63, 3.8) is 0 Å². The average molecular weight is 376 g/mol. The molecule has 0 bridgehead atoms. The van der Waals surface area contributed by atoms with Crippen molar-refractivity contribution < 1.29 is 18.3 Å². The van der Waals surface area contributed by atoms with Gasteiger partial charge in [-0.15, -0.1) is 0 Å². The minimum Gasteiger partial charge on any atom is -0.435 e. The first kappa shape index (κ1) is 17.9. The van der Waals surface area contributed by atoms with E-state index in [0.29, 0.717) is 13.1 Å². The number of nitrogens with one attached hydrogen (secondary N) is 1. The molecule has 1 aromatic heterocycles. The molecular formula is C19H22F2N4O2. The number of hydrogen-bond donors (Lipinski definition) is 1. The first-order chi connectivity index (χ1) is 13.0. The van der Waals surface area contributed by atoms with Crippen LogP contribution in [0.2, 0.25) is 0 Å². The molecule has 144 valence electrons. The first-order valence-electron chi connectivity index (χ1n) is 9.11. The first-order valence-corrected chi connectivity index (χ1v) is 9.11. The summed E-state index contributed by atoms with van der Waals surface area (Å²) >= 11 is 0. The summed E-state index contributed by atoms with van der Waals surface area (Å²) in [6.45, 7) is -0.855. The topological polar surface area (TPSA) is 59.4 Å². The van der Waals surface area contributed by atoms with Gasteiger partial charge in [-0.3, -0.25) is 9.48 Å². The van der Waals surface area contributed by atoms with Crippen molar-refractivity contribution in [2.45, 2.75) is 25.4 Å². The lowest BCUT2D eigenvalue weighted by Crippen LogP contribution is -2.41. The minimum absolute atomic E-state index is 0.0670. The number of carbonyl (C=O) groups excluding carboxylic acids is 1. The molecular weight excluding hydrogens is 354 g/mol. The molecule has 4 rings (SSSR count). The Balaban J connectivity index is 1.58. The normalized spacial score (nSPS) is 22.1.